The second-order valence-electron chi connectivity index (χ2n) is 4.93. The first-order valence-electron chi connectivity index (χ1n) is 6.76. The van der Waals surface area contributed by atoms with Gasteiger partial charge in [0.05, 0.1) is 11.6 Å². The van der Waals surface area contributed by atoms with E-state index in [4.69, 9.17) is 10.3 Å². The molecule has 1 unspecified atom stereocenters. The monoisotopic (exact) mass is 280 g/mol. The molecule has 0 aliphatic heterocycles. The third-order valence-corrected chi connectivity index (χ3v) is 3.33. The molecule has 5 heteroatoms. The van der Waals surface area contributed by atoms with Gasteiger partial charge in [0.15, 0.2) is 0 Å². The van der Waals surface area contributed by atoms with Crippen molar-refractivity contribution in [3.05, 3.63) is 54.4 Å². The number of benzene rings is 1. The van der Waals surface area contributed by atoms with Crippen molar-refractivity contribution in [2.75, 3.05) is 0 Å². The molecule has 1 aromatic carbocycles. The van der Waals surface area contributed by atoms with Crippen LogP contribution in [-0.2, 0) is 0 Å². The maximum atomic E-state index is 5.93. The van der Waals surface area contributed by atoms with Crippen LogP contribution in [0.2, 0.25) is 0 Å². The van der Waals surface area contributed by atoms with Gasteiger partial charge in [-0.3, -0.25) is 0 Å². The Bertz CT molecular complexity index is 794. The zero-order valence-corrected chi connectivity index (χ0v) is 11.8. The fraction of sp³-hybridized carbons (Fsp3) is 0.188. The van der Waals surface area contributed by atoms with Crippen LogP contribution in [0.15, 0.2) is 47.5 Å². The molecule has 3 aromatic rings. The molecule has 0 fully saturated rings. The van der Waals surface area contributed by atoms with Crippen LogP contribution in [-0.4, -0.2) is 15.1 Å². The standard InChI is InChI=1S/C16H16N4O/c1-3-6-12(17)16-19-15(20-21-16)14-9-10(2)11-7-4-5-8-13(11)18-14/h3-5,7-9,12H,1,6,17H2,2H3. The Hall–Kier alpha value is -2.53. The Morgan fingerprint density at radius 1 is 1.33 bits per heavy atom. The Labute approximate surface area is 122 Å². The fourth-order valence-electron chi connectivity index (χ4n) is 2.23. The summed E-state index contributed by atoms with van der Waals surface area (Å²) in [6, 6.07) is 9.60. The van der Waals surface area contributed by atoms with Crippen molar-refractivity contribution in [1.29, 1.82) is 0 Å². The van der Waals surface area contributed by atoms with Gasteiger partial charge in [-0.2, -0.15) is 4.98 Å². The summed E-state index contributed by atoms with van der Waals surface area (Å²) < 4.78 is 5.21. The van der Waals surface area contributed by atoms with E-state index in [9.17, 15) is 0 Å². The van der Waals surface area contributed by atoms with Crippen LogP contribution in [0.3, 0.4) is 0 Å². The van der Waals surface area contributed by atoms with Gasteiger partial charge in [-0.25, -0.2) is 4.98 Å². The summed E-state index contributed by atoms with van der Waals surface area (Å²) in [7, 11) is 0. The maximum Gasteiger partial charge on any atom is 0.244 e. The van der Waals surface area contributed by atoms with Crippen LogP contribution in [0.1, 0.15) is 23.9 Å². The Balaban J connectivity index is 2.02. The van der Waals surface area contributed by atoms with E-state index < -0.39 is 0 Å². The molecule has 2 heterocycles. The van der Waals surface area contributed by atoms with E-state index in [1.165, 1.54) is 0 Å². The van der Waals surface area contributed by atoms with Crippen molar-refractivity contribution < 1.29 is 4.52 Å². The Morgan fingerprint density at radius 3 is 2.95 bits per heavy atom. The summed E-state index contributed by atoms with van der Waals surface area (Å²) in [6.45, 7) is 5.69. The van der Waals surface area contributed by atoms with Gasteiger partial charge >= 0.3 is 0 Å². The lowest BCUT2D eigenvalue weighted by atomic mass is 10.1. The minimum atomic E-state index is -0.328. The first kappa shape index (κ1) is 13.5. The number of nitrogens with two attached hydrogens (primary N) is 1. The predicted molar refractivity (Wildman–Crippen MR) is 81.5 cm³/mol. The van der Waals surface area contributed by atoms with Gasteiger partial charge in [-0.1, -0.05) is 29.4 Å². The van der Waals surface area contributed by atoms with Crippen molar-refractivity contribution in [1.82, 2.24) is 15.1 Å². The van der Waals surface area contributed by atoms with Gasteiger partial charge in [0.1, 0.15) is 5.69 Å². The minimum absolute atomic E-state index is 0.328. The van der Waals surface area contributed by atoms with Crippen molar-refractivity contribution >= 4 is 10.9 Å². The summed E-state index contributed by atoms with van der Waals surface area (Å²) in [5.41, 5.74) is 8.65. The molecular formula is C16H16N4O. The normalized spacial score (nSPS) is 12.5. The molecule has 2 aromatic heterocycles. The van der Waals surface area contributed by atoms with E-state index >= 15 is 0 Å². The van der Waals surface area contributed by atoms with E-state index in [1.54, 1.807) is 6.08 Å². The van der Waals surface area contributed by atoms with Crippen LogP contribution in [0.25, 0.3) is 22.4 Å². The maximum absolute atomic E-state index is 5.93. The van der Waals surface area contributed by atoms with Gasteiger partial charge in [0.25, 0.3) is 0 Å². The van der Waals surface area contributed by atoms with Crippen molar-refractivity contribution in [3.63, 3.8) is 0 Å². The van der Waals surface area contributed by atoms with Crippen LogP contribution in [0.4, 0.5) is 0 Å². The second-order valence-corrected chi connectivity index (χ2v) is 4.93. The average Bonchev–Trinajstić information content (AvgIpc) is 2.97. The number of pyridine rings is 1. The lowest BCUT2D eigenvalue weighted by Crippen LogP contribution is -2.09. The van der Waals surface area contributed by atoms with Crippen LogP contribution < -0.4 is 5.73 Å². The number of para-hydroxylation sites is 1. The highest BCUT2D eigenvalue weighted by atomic mass is 16.5. The molecule has 2 N–H and O–H groups in total. The molecule has 5 nitrogen and oxygen atoms in total. The van der Waals surface area contributed by atoms with E-state index in [2.05, 4.69) is 21.7 Å². The SMILES string of the molecule is C=CCC(N)c1nc(-c2cc(C)c3ccccc3n2)no1. The summed E-state index contributed by atoms with van der Waals surface area (Å²) >= 11 is 0. The van der Waals surface area contributed by atoms with E-state index in [0.717, 1.165) is 16.5 Å². The Kier molecular flexibility index (Phi) is 3.50. The zero-order valence-electron chi connectivity index (χ0n) is 11.8. The quantitative estimate of drug-likeness (QED) is 0.743. The van der Waals surface area contributed by atoms with E-state index in [-0.39, 0.29) is 6.04 Å². The van der Waals surface area contributed by atoms with Crippen molar-refractivity contribution in [2.24, 2.45) is 5.73 Å². The largest absolute Gasteiger partial charge is 0.337 e. The summed E-state index contributed by atoms with van der Waals surface area (Å²) in [4.78, 5) is 8.91. The van der Waals surface area contributed by atoms with E-state index in [0.29, 0.717) is 23.8 Å². The van der Waals surface area contributed by atoms with Gasteiger partial charge < -0.3 is 10.3 Å². The first-order valence-corrected chi connectivity index (χ1v) is 6.76. The molecule has 106 valence electrons. The molecular weight excluding hydrogens is 264 g/mol. The summed E-state index contributed by atoms with van der Waals surface area (Å²) in [5.74, 6) is 0.857. The van der Waals surface area contributed by atoms with Crippen molar-refractivity contribution in [2.45, 2.75) is 19.4 Å². The third-order valence-electron chi connectivity index (χ3n) is 3.33. The molecule has 0 spiro atoms. The lowest BCUT2D eigenvalue weighted by Gasteiger charge is -2.03. The van der Waals surface area contributed by atoms with Gasteiger partial charge in [0.2, 0.25) is 11.7 Å². The molecule has 0 saturated carbocycles. The highest BCUT2D eigenvalue weighted by molar-refractivity contribution is 5.84. The summed E-state index contributed by atoms with van der Waals surface area (Å²) in [5, 5.41) is 5.09. The van der Waals surface area contributed by atoms with Crippen LogP contribution in [0.5, 0.6) is 0 Å². The average molecular weight is 280 g/mol. The highest BCUT2D eigenvalue weighted by Gasteiger charge is 2.16. The van der Waals surface area contributed by atoms with Gasteiger partial charge in [-0.05, 0) is 31.0 Å². The van der Waals surface area contributed by atoms with Crippen LogP contribution in [0, 0.1) is 6.92 Å². The minimum Gasteiger partial charge on any atom is -0.337 e. The lowest BCUT2D eigenvalue weighted by molar-refractivity contribution is 0.356. The van der Waals surface area contributed by atoms with Crippen molar-refractivity contribution in [3.8, 4) is 11.5 Å². The molecule has 0 amide bonds. The Morgan fingerprint density at radius 2 is 2.14 bits per heavy atom. The molecule has 0 radical (unpaired) electrons. The second kappa shape index (κ2) is 5.46. The number of nitrogens with zero attached hydrogens (tertiary/aromatic N) is 3. The molecule has 0 bridgehead atoms. The molecule has 1 atom stereocenters. The molecule has 0 saturated heterocycles. The fourth-order valence-corrected chi connectivity index (χ4v) is 2.23. The molecule has 21 heavy (non-hydrogen) atoms. The summed E-state index contributed by atoms with van der Waals surface area (Å²) in [6.07, 6.45) is 2.32. The molecule has 0 aliphatic carbocycles. The smallest absolute Gasteiger partial charge is 0.244 e. The first-order chi connectivity index (χ1) is 10.2. The number of rotatable bonds is 4. The van der Waals surface area contributed by atoms with Gasteiger partial charge in [-0.15, -0.1) is 6.58 Å². The topological polar surface area (TPSA) is 77.8 Å². The number of fused-ring (bicyclic) bond motifs is 1. The van der Waals surface area contributed by atoms with Crippen LogP contribution >= 0.6 is 0 Å². The number of hydrogen-bond acceptors (Lipinski definition) is 5. The van der Waals surface area contributed by atoms with E-state index in [1.807, 2.05) is 37.3 Å². The number of hydrogen-bond donors (Lipinski definition) is 1. The third kappa shape index (κ3) is 2.55. The molecule has 3 rings (SSSR count). The molecule has 0 aliphatic rings. The van der Waals surface area contributed by atoms with Gasteiger partial charge in [0, 0.05) is 5.39 Å². The zero-order chi connectivity index (χ0) is 14.8. The predicted octanol–water partition coefficient (Wildman–Crippen LogP) is 3.17. The number of aryl methyl sites for hydroxylation is 1. The number of aromatic nitrogens is 3. The highest BCUT2D eigenvalue weighted by Crippen LogP contribution is 2.23.